The van der Waals surface area contributed by atoms with E-state index >= 15 is 0 Å². The largest absolute Gasteiger partial charge is 0.282 e. The molecule has 0 saturated carbocycles. The molecule has 1 N–H and O–H groups in total. The molecule has 1 aromatic carbocycles. The molecule has 0 spiro atoms. The summed E-state index contributed by atoms with van der Waals surface area (Å²) < 4.78 is 14.1. The third-order valence-corrected chi connectivity index (χ3v) is 3.97. The molecular formula is C15H17FN2. The molecule has 0 amide bonds. The molecule has 1 unspecified atom stereocenters. The number of halogens is 1. The summed E-state index contributed by atoms with van der Waals surface area (Å²) in [5.41, 5.74) is 4.07. The van der Waals surface area contributed by atoms with Crippen LogP contribution in [0.15, 0.2) is 24.4 Å². The van der Waals surface area contributed by atoms with Crippen molar-refractivity contribution in [1.29, 1.82) is 0 Å². The molecule has 18 heavy (non-hydrogen) atoms. The van der Waals surface area contributed by atoms with Crippen LogP contribution in [0.4, 0.5) is 4.39 Å². The maximum Gasteiger partial charge on any atom is 0.127 e. The second-order valence-electron chi connectivity index (χ2n) is 5.87. The van der Waals surface area contributed by atoms with E-state index in [1.54, 1.807) is 6.07 Å². The minimum Gasteiger partial charge on any atom is -0.282 e. The lowest BCUT2D eigenvalue weighted by molar-refractivity contribution is 0.475. The number of aromatic amines is 1. The molecule has 1 heterocycles. The van der Waals surface area contributed by atoms with Crippen molar-refractivity contribution in [1.82, 2.24) is 10.2 Å². The van der Waals surface area contributed by atoms with Crippen LogP contribution in [0, 0.1) is 12.7 Å². The van der Waals surface area contributed by atoms with Crippen LogP contribution in [0.25, 0.3) is 0 Å². The molecule has 0 aliphatic heterocycles. The molecule has 0 saturated heterocycles. The zero-order chi connectivity index (χ0) is 12.9. The van der Waals surface area contributed by atoms with Crippen molar-refractivity contribution in [3.63, 3.8) is 0 Å². The van der Waals surface area contributed by atoms with Gasteiger partial charge in [-0.25, -0.2) is 4.39 Å². The minimum absolute atomic E-state index is 0.0355. The number of rotatable bonds is 1. The average Bonchev–Trinajstić information content (AvgIpc) is 2.83. The van der Waals surface area contributed by atoms with E-state index in [1.807, 2.05) is 25.3 Å². The first-order valence-corrected chi connectivity index (χ1v) is 6.29. The average molecular weight is 244 g/mol. The van der Waals surface area contributed by atoms with Crippen LogP contribution in [0.2, 0.25) is 0 Å². The van der Waals surface area contributed by atoms with Gasteiger partial charge in [0.25, 0.3) is 0 Å². The summed E-state index contributed by atoms with van der Waals surface area (Å²) in [4.78, 5) is 0. The first-order chi connectivity index (χ1) is 8.49. The zero-order valence-corrected chi connectivity index (χ0v) is 10.9. The van der Waals surface area contributed by atoms with Gasteiger partial charge in [-0.05, 0) is 30.5 Å². The highest BCUT2D eigenvalue weighted by molar-refractivity contribution is 5.43. The van der Waals surface area contributed by atoms with Gasteiger partial charge in [0.15, 0.2) is 0 Å². The van der Waals surface area contributed by atoms with Crippen LogP contribution >= 0.6 is 0 Å². The Morgan fingerprint density at radius 3 is 2.83 bits per heavy atom. The molecule has 2 nitrogen and oxygen atoms in total. The number of hydrogen-bond acceptors (Lipinski definition) is 1. The number of fused-ring (bicyclic) bond motifs is 1. The molecule has 1 aromatic heterocycles. The first kappa shape index (κ1) is 11.5. The number of aromatic nitrogens is 2. The molecule has 0 bridgehead atoms. The molecule has 0 fully saturated rings. The molecule has 1 aliphatic rings. The van der Waals surface area contributed by atoms with E-state index in [2.05, 4.69) is 24.0 Å². The Kier molecular flexibility index (Phi) is 2.34. The van der Waals surface area contributed by atoms with Gasteiger partial charge in [0.05, 0.1) is 6.20 Å². The molecule has 0 radical (unpaired) electrons. The molecule has 3 heteroatoms. The van der Waals surface area contributed by atoms with Crippen LogP contribution < -0.4 is 0 Å². The number of hydrogen-bond donors (Lipinski definition) is 1. The number of benzene rings is 1. The Hall–Kier alpha value is -1.64. The standard InChI is InChI=1S/C15H17FN2/c1-9-4-5-10(13(16)6-9)11-7-15(2,3)14-12(11)8-17-18-14/h4-6,8,11H,7H2,1-3H3,(H,17,18). The first-order valence-electron chi connectivity index (χ1n) is 6.29. The van der Waals surface area contributed by atoms with Gasteiger partial charge in [0.1, 0.15) is 5.82 Å². The lowest BCUT2D eigenvalue weighted by Crippen LogP contribution is -2.14. The van der Waals surface area contributed by atoms with Crippen molar-refractivity contribution in [2.24, 2.45) is 0 Å². The second kappa shape index (κ2) is 3.67. The van der Waals surface area contributed by atoms with E-state index in [1.165, 1.54) is 0 Å². The lowest BCUT2D eigenvalue weighted by atomic mass is 9.86. The topological polar surface area (TPSA) is 28.7 Å². The van der Waals surface area contributed by atoms with Crippen molar-refractivity contribution >= 4 is 0 Å². The molecular weight excluding hydrogens is 227 g/mol. The number of aryl methyl sites for hydroxylation is 1. The van der Waals surface area contributed by atoms with Gasteiger partial charge in [0.2, 0.25) is 0 Å². The van der Waals surface area contributed by atoms with Crippen molar-refractivity contribution < 1.29 is 4.39 Å². The minimum atomic E-state index is -0.107. The summed E-state index contributed by atoms with van der Waals surface area (Å²) in [7, 11) is 0. The van der Waals surface area contributed by atoms with Gasteiger partial charge < -0.3 is 0 Å². The van der Waals surface area contributed by atoms with E-state index < -0.39 is 0 Å². The van der Waals surface area contributed by atoms with Crippen molar-refractivity contribution in [3.05, 3.63) is 52.6 Å². The van der Waals surface area contributed by atoms with Gasteiger partial charge in [-0.3, -0.25) is 5.10 Å². The van der Waals surface area contributed by atoms with Gasteiger partial charge in [-0.15, -0.1) is 0 Å². The Morgan fingerprint density at radius 2 is 2.11 bits per heavy atom. The van der Waals surface area contributed by atoms with E-state index in [0.717, 1.165) is 28.8 Å². The van der Waals surface area contributed by atoms with E-state index in [9.17, 15) is 4.39 Å². The maximum absolute atomic E-state index is 14.1. The van der Waals surface area contributed by atoms with Crippen LogP contribution in [-0.4, -0.2) is 10.2 Å². The fourth-order valence-corrected chi connectivity index (χ4v) is 3.02. The highest BCUT2D eigenvalue weighted by Gasteiger charge is 2.40. The summed E-state index contributed by atoms with van der Waals surface area (Å²) in [6, 6.07) is 5.50. The normalized spacial score (nSPS) is 21.0. The van der Waals surface area contributed by atoms with Crippen molar-refractivity contribution in [2.45, 2.75) is 38.5 Å². The van der Waals surface area contributed by atoms with Crippen LogP contribution in [-0.2, 0) is 5.41 Å². The van der Waals surface area contributed by atoms with Crippen molar-refractivity contribution in [2.75, 3.05) is 0 Å². The molecule has 94 valence electrons. The molecule has 2 aromatic rings. The van der Waals surface area contributed by atoms with Gasteiger partial charge in [0, 0.05) is 22.6 Å². The summed E-state index contributed by atoms with van der Waals surface area (Å²) in [6.45, 7) is 6.26. The second-order valence-corrected chi connectivity index (χ2v) is 5.87. The fourth-order valence-electron chi connectivity index (χ4n) is 3.02. The highest BCUT2D eigenvalue weighted by Crippen LogP contribution is 2.48. The van der Waals surface area contributed by atoms with Crippen molar-refractivity contribution in [3.8, 4) is 0 Å². The Morgan fingerprint density at radius 1 is 1.33 bits per heavy atom. The summed E-state index contributed by atoms with van der Waals surface area (Å²) in [5, 5.41) is 7.18. The molecule has 1 aliphatic carbocycles. The number of H-pyrrole nitrogens is 1. The monoisotopic (exact) mass is 244 g/mol. The summed E-state index contributed by atoms with van der Waals surface area (Å²) >= 11 is 0. The third kappa shape index (κ3) is 1.57. The Labute approximate surface area is 106 Å². The van der Waals surface area contributed by atoms with E-state index in [0.29, 0.717) is 0 Å². The summed E-state index contributed by atoms with van der Waals surface area (Å²) in [6.07, 6.45) is 2.77. The summed E-state index contributed by atoms with van der Waals surface area (Å²) in [5.74, 6) is 0.0131. The maximum atomic E-state index is 14.1. The Balaban J connectivity index is 2.10. The van der Waals surface area contributed by atoms with Gasteiger partial charge in [-0.1, -0.05) is 26.0 Å². The van der Waals surface area contributed by atoms with E-state index in [4.69, 9.17) is 0 Å². The SMILES string of the molecule is Cc1ccc(C2CC(C)(C)c3[nH]ncc32)c(F)c1. The Bertz CT molecular complexity index is 598. The van der Waals surface area contributed by atoms with Gasteiger partial charge in [-0.2, -0.15) is 5.10 Å². The van der Waals surface area contributed by atoms with Crippen LogP contribution in [0.3, 0.4) is 0 Å². The smallest absolute Gasteiger partial charge is 0.127 e. The molecule has 3 rings (SSSR count). The highest BCUT2D eigenvalue weighted by atomic mass is 19.1. The fraction of sp³-hybridized carbons (Fsp3) is 0.400. The predicted molar refractivity (Wildman–Crippen MR) is 69.2 cm³/mol. The third-order valence-electron chi connectivity index (χ3n) is 3.97. The number of nitrogens with one attached hydrogen (secondary N) is 1. The number of nitrogens with zero attached hydrogens (tertiary/aromatic N) is 1. The van der Waals surface area contributed by atoms with Crippen LogP contribution in [0.5, 0.6) is 0 Å². The zero-order valence-electron chi connectivity index (χ0n) is 10.9. The lowest BCUT2D eigenvalue weighted by Gasteiger charge is -2.19. The van der Waals surface area contributed by atoms with E-state index in [-0.39, 0.29) is 17.2 Å². The predicted octanol–water partition coefficient (Wildman–Crippen LogP) is 3.67. The quantitative estimate of drug-likeness (QED) is 0.814. The molecule has 1 atom stereocenters. The van der Waals surface area contributed by atoms with Crippen LogP contribution in [0.1, 0.15) is 48.6 Å². The van der Waals surface area contributed by atoms with Gasteiger partial charge >= 0.3 is 0 Å².